The number of benzene rings is 2. The Kier molecular flexibility index (Phi) is 7.69. The van der Waals surface area contributed by atoms with Crippen LogP contribution in [0, 0.1) is 0 Å². The summed E-state index contributed by atoms with van der Waals surface area (Å²) in [7, 11) is -3.63. The van der Waals surface area contributed by atoms with Crippen LogP contribution in [0.2, 0.25) is 0 Å². The van der Waals surface area contributed by atoms with Crippen molar-refractivity contribution in [1.82, 2.24) is 4.72 Å². The Morgan fingerprint density at radius 1 is 1.10 bits per heavy atom. The third-order valence-corrected chi connectivity index (χ3v) is 6.63. The van der Waals surface area contributed by atoms with Crippen LogP contribution in [0.4, 0.5) is 5.69 Å². The van der Waals surface area contributed by atoms with E-state index in [-0.39, 0.29) is 23.5 Å². The average Bonchev–Trinajstić information content (AvgIpc) is 3.27. The summed E-state index contributed by atoms with van der Waals surface area (Å²) in [5, 5.41) is 2.75. The van der Waals surface area contributed by atoms with Gasteiger partial charge in [0.25, 0.3) is 5.91 Å². The average molecular weight is 447 g/mol. The Morgan fingerprint density at radius 3 is 2.35 bits per heavy atom. The van der Waals surface area contributed by atoms with E-state index < -0.39 is 16.1 Å². The number of hydrogen-bond acceptors (Lipinski definition) is 5. The molecule has 1 aliphatic rings. The number of anilines is 1. The minimum atomic E-state index is -3.63. The fraction of sp³-hybridized carbons (Fsp3) is 0.435. The minimum absolute atomic E-state index is 0.0728. The molecule has 2 N–H and O–H groups in total. The van der Waals surface area contributed by atoms with Crippen LogP contribution in [0.1, 0.15) is 45.1 Å². The second-order valence-corrected chi connectivity index (χ2v) is 9.75. The molecule has 0 bridgehead atoms. The molecule has 0 spiro atoms. The first-order valence-electron chi connectivity index (χ1n) is 10.5. The van der Waals surface area contributed by atoms with Crippen molar-refractivity contribution in [2.45, 2.75) is 56.6 Å². The van der Waals surface area contributed by atoms with Crippen LogP contribution in [-0.4, -0.2) is 39.7 Å². The van der Waals surface area contributed by atoms with Gasteiger partial charge in [0.1, 0.15) is 5.75 Å². The molecule has 8 heteroatoms. The molecule has 1 saturated heterocycles. The highest BCUT2D eigenvalue weighted by atomic mass is 32.2. The molecule has 2 aromatic carbocycles. The Balaban J connectivity index is 1.53. The van der Waals surface area contributed by atoms with Crippen molar-refractivity contribution in [3.8, 4) is 5.75 Å². The van der Waals surface area contributed by atoms with Gasteiger partial charge < -0.3 is 14.8 Å². The maximum Gasteiger partial charge on any atom is 0.265 e. The molecule has 0 aliphatic carbocycles. The molecule has 1 amide bonds. The lowest BCUT2D eigenvalue weighted by atomic mass is 10.0. The first-order valence-corrected chi connectivity index (χ1v) is 12.0. The Hall–Kier alpha value is -2.42. The van der Waals surface area contributed by atoms with Gasteiger partial charge in [-0.15, -0.1) is 0 Å². The van der Waals surface area contributed by atoms with Crippen molar-refractivity contribution in [3.63, 3.8) is 0 Å². The minimum Gasteiger partial charge on any atom is -0.481 e. The summed E-state index contributed by atoms with van der Waals surface area (Å²) in [5.74, 6) is 0.721. The van der Waals surface area contributed by atoms with Crippen LogP contribution >= 0.6 is 0 Å². The molecule has 3 rings (SSSR count). The van der Waals surface area contributed by atoms with Gasteiger partial charge in [-0.1, -0.05) is 26.0 Å². The Morgan fingerprint density at radius 2 is 1.77 bits per heavy atom. The van der Waals surface area contributed by atoms with E-state index in [9.17, 15) is 13.2 Å². The fourth-order valence-corrected chi connectivity index (χ4v) is 4.31. The molecule has 2 unspecified atom stereocenters. The molecule has 1 fully saturated rings. The van der Waals surface area contributed by atoms with Crippen LogP contribution in [0.15, 0.2) is 53.4 Å². The van der Waals surface area contributed by atoms with Crippen LogP contribution in [0.3, 0.4) is 0 Å². The SMILES string of the molecule is CC(Oc1ccc(C(C)C)cc1)C(=O)Nc1ccc(S(=O)(=O)NCC2CCCO2)cc1. The number of rotatable bonds is 9. The van der Waals surface area contributed by atoms with Gasteiger partial charge in [0.05, 0.1) is 11.0 Å². The van der Waals surface area contributed by atoms with Gasteiger partial charge >= 0.3 is 0 Å². The van der Waals surface area contributed by atoms with E-state index in [1.807, 2.05) is 24.3 Å². The lowest BCUT2D eigenvalue weighted by Gasteiger charge is -2.16. The number of carbonyl (C=O) groups excluding carboxylic acids is 1. The normalized spacial score (nSPS) is 17.5. The van der Waals surface area contributed by atoms with Crippen LogP contribution in [0.25, 0.3) is 0 Å². The molecule has 31 heavy (non-hydrogen) atoms. The van der Waals surface area contributed by atoms with Crippen molar-refractivity contribution in [2.75, 3.05) is 18.5 Å². The molecule has 168 valence electrons. The van der Waals surface area contributed by atoms with Crippen molar-refractivity contribution in [2.24, 2.45) is 0 Å². The van der Waals surface area contributed by atoms with E-state index in [0.717, 1.165) is 12.8 Å². The van der Waals surface area contributed by atoms with Gasteiger partial charge in [-0.3, -0.25) is 4.79 Å². The molecular formula is C23H30N2O5S. The van der Waals surface area contributed by atoms with Gasteiger partial charge in [-0.05, 0) is 67.6 Å². The highest BCUT2D eigenvalue weighted by Crippen LogP contribution is 2.20. The molecule has 7 nitrogen and oxygen atoms in total. The number of amides is 1. The number of hydrogen-bond donors (Lipinski definition) is 2. The van der Waals surface area contributed by atoms with E-state index >= 15 is 0 Å². The second-order valence-electron chi connectivity index (χ2n) is 7.98. The summed E-state index contributed by atoms with van der Waals surface area (Å²) in [6.07, 6.45) is 1.03. The first-order chi connectivity index (χ1) is 14.7. The summed E-state index contributed by atoms with van der Waals surface area (Å²) >= 11 is 0. The van der Waals surface area contributed by atoms with Crippen LogP contribution < -0.4 is 14.8 Å². The predicted octanol–water partition coefficient (Wildman–Crippen LogP) is 3.67. The molecule has 2 atom stereocenters. The second kappa shape index (κ2) is 10.3. The topological polar surface area (TPSA) is 93.7 Å². The van der Waals surface area contributed by atoms with Gasteiger partial charge in [0.2, 0.25) is 10.0 Å². The van der Waals surface area contributed by atoms with Crippen LogP contribution in [0.5, 0.6) is 5.75 Å². The third kappa shape index (κ3) is 6.53. The Labute approximate surface area is 184 Å². The maximum absolute atomic E-state index is 12.4. The van der Waals surface area contributed by atoms with E-state index in [2.05, 4.69) is 23.9 Å². The van der Waals surface area contributed by atoms with Gasteiger partial charge in [0.15, 0.2) is 6.10 Å². The summed E-state index contributed by atoms with van der Waals surface area (Å²) in [6, 6.07) is 13.7. The van der Waals surface area contributed by atoms with Gasteiger partial charge in [0, 0.05) is 18.8 Å². The van der Waals surface area contributed by atoms with Crippen molar-refractivity contribution in [1.29, 1.82) is 0 Å². The van der Waals surface area contributed by atoms with Crippen molar-refractivity contribution < 1.29 is 22.7 Å². The van der Waals surface area contributed by atoms with E-state index in [1.54, 1.807) is 19.1 Å². The number of sulfonamides is 1. The van der Waals surface area contributed by atoms with Gasteiger partial charge in [-0.2, -0.15) is 0 Å². The molecule has 1 aliphatic heterocycles. The highest BCUT2D eigenvalue weighted by Gasteiger charge is 2.21. The molecule has 0 aromatic heterocycles. The standard InChI is InChI=1S/C23H30N2O5S/c1-16(2)18-6-10-20(11-7-18)30-17(3)23(26)25-19-8-12-22(13-9-19)31(27,28)24-15-21-5-4-14-29-21/h6-13,16-17,21,24H,4-5,14-15H2,1-3H3,(H,25,26). The van der Waals surface area contributed by atoms with Crippen LogP contribution in [-0.2, 0) is 19.6 Å². The summed E-state index contributed by atoms with van der Waals surface area (Å²) in [4.78, 5) is 12.6. The first kappa shape index (κ1) is 23.2. The summed E-state index contributed by atoms with van der Waals surface area (Å²) < 4.78 is 38.6. The monoisotopic (exact) mass is 446 g/mol. The molecular weight excluding hydrogens is 416 g/mol. The number of ether oxygens (including phenoxy) is 2. The van der Waals surface area contributed by atoms with E-state index in [1.165, 1.54) is 17.7 Å². The van der Waals surface area contributed by atoms with Gasteiger partial charge in [-0.25, -0.2) is 13.1 Å². The summed E-state index contributed by atoms with van der Waals surface area (Å²) in [5.41, 5.74) is 1.69. The molecule has 0 radical (unpaired) electrons. The number of nitrogens with one attached hydrogen (secondary N) is 2. The summed E-state index contributed by atoms with van der Waals surface area (Å²) in [6.45, 7) is 6.82. The van der Waals surface area contributed by atoms with Crippen molar-refractivity contribution >= 4 is 21.6 Å². The van der Waals surface area contributed by atoms with E-state index in [4.69, 9.17) is 9.47 Å². The van der Waals surface area contributed by atoms with Crippen molar-refractivity contribution in [3.05, 3.63) is 54.1 Å². The van der Waals surface area contributed by atoms with E-state index in [0.29, 0.717) is 24.0 Å². The Bertz CT molecular complexity index is 966. The molecule has 0 saturated carbocycles. The smallest absolute Gasteiger partial charge is 0.265 e. The maximum atomic E-state index is 12.4. The molecule has 2 aromatic rings. The zero-order chi connectivity index (χ0) is 22.4. The quantitative estimate of drug-likeness (QED) is 0.613. The number of carbonyl (C=O) groups is 1. The predicted molar refractivity (Wildman–Crippen MR) is 120 cm³/mol. The fourth-order valence-electron chi connectivity index (χ4n) is 3.24. The molecule has 1 heterocycles. The largest absolute Gasteiger partial charge is 0.481 e. The highest BCUT2D eigenvalue weighted by molar-refractivity contribution is 7.89. The zero-order valence-electron chi connectivity index (χ0n) is 18.1. The third-order valence-electron chi connectivity index (χ3n) is 5.19. The lowest BCUT2D eigenvalue weighted by Crippen LogP contribution is -2.32. The lowest BCUT2D eigenvalue weighted by molar-refractivity contribution is -0.122. The zero-order valence-corrected chi connectivity index (χ0v) is 18.9.